The van der Waals surface area contributed by atoms with Crippen LogP contribution in [0.4, 0.5) is 0 Å². The highest BCUT2D eigenvalue weighted by atomic mass is 35.5. The molecule has 1 atom stereocenters. The molecule has 0 saturated carbocycles. The number of carbonyl (C=O) groups is 2. The monoisotopic (exact) mass is 443 g/mol. The van der Waals surface area contributed by atoms with Gasteiger partial charge in [-0.2, -0.15) is 0 Å². The molecular weight excluding hydrogens is 418 g/mol. The Hall–Kier alpha value is -2.80. The number of halogens is 1. The van der Waals surface area contributed by atoms with Crippen LogP contribution >= 0.6 is 11.6 Å². The van der Waals surface area contributed by atoms with Crippen molar-refractivity contribution in [3.05, 3.63) is 53.2 Å². The topological polar surface area (TPSA) is 72.0 Å². The summed E-state index contributed by atoms with van der Waals surface area (Å²) >= 11 is 5.86. The van der Waals surface area contributed by atoms with E-state index in [9.17, 15) is 9.59 Å². The summed E-state index contributed by atoms with van der Waals surface area (Å²) in [6, 6.07) is 10.4. The van der Waals surface area contributed by atoms with Gasteiger partial charge in [-0.1, -0.05) is 11.6 Å². The lowest BCUT2D eigenvalue weighted by atomic mass is 10.1. The number of amides is 2. The van der Waals surface area contributed by atoms with Crippen molar-refractivity contribution in [1.82, 2.24) is 14.8 Å². The van der Waals surface area contributed by atoms with Crippen LogP contribution < -0.4 is 9.47 Å². The zero-order valence-electron chi connectivity index (χ0n) is 17.3. The summed E-state index contributed by atoms with van der Waals surface area (Å²) < 4.78 is 11.6. The number of rotatable bonds is 6. The van der Waals surface area contributed by atoms with Crippen molar-refractivity contribution in [2.45, 2.75) is 31.8 Å². The number of benzene rings is 1. The van der Waals surface area contributed by atoms with Gasteiger partial charge in [-0.05, 0) is 55.7 Å². The predicted molar refractivity (Wildman–Crippen MR) is 117 cm³/mol. The van der Waals surface area contributed by atoms with Crippen LogP contribution in [0.3, 0.4) is 0 Å². The van der Waals surface area contributed by atoms with Crippen molar-refractivity contribution >= 4 is 23.4 Å². The molecule has 1 unspecified atom stereocenters. The van der Waals surface area contributed by atoms with E-state index >= 15 is 0 Å². The number of pyridine rings is 1. The Balaban J connectivity index is 1.32. The number of aromatic nitrogens is 1. The van der Waals surface area contributed by atoms with Gasteiger partial charge in [-0.15, -0.1) is 0 Å². The van der Waals surface area contributed by atoms with E-state index in [2.05, 4.69) is 4.98 Å². The number of likely N-dealkylation sites (tertiary alicyclic amines) is 2. The Morgan fingerprint density at radius 2 is 1.81 bits per heavy atom. The average Bonchev–Trinajstić information content (AvgIpc) is 3.28. The number of carbonyl (C=O) groups excluding carboxylic acids is 2. The minimum Gasteiger partial charge on any atom is -0.484 e. The first-order valence-corrected chi connectivity index (χ1v) is 11.0. The SMILES string of the molecule is O=C(COc1ccc(Cl)cc1)N1CCC(Oc2ncccc2C(=O)N2CCCCC2)C1. The Kier molecular flexibility index (Phi) is 6.92. The molecule has 1 aromatic heterocycles. The highest BCUT2D eigenvalue weighted by Crippen LogP contribution is 2.23. The van der Waals surface area contributed by atoms with Gasteiger partial charge in [-0.25, -0.2) is 4.98 Å². The molecule has 2 amide bonds. The lowest BCUT2D eigenvalue weighted by Gasteiger charge is -2.27. The van der Waals surface area contributed by atoms with E-state index < -0.39 is 0 Å². The fourth-order valence-electron chi connectivity index (χ4n) is 3.89. The molecule has 4 rings (SSSR count). The maximum Gasteiger partial charge on any atom is 0.260 e. The summed E-state index contributed by atoms with van der Waals surface area (Å²) in [6.45, 7) is 2.52. The third-order valence-corrected chi connectivity index (χ3v) is 5.85. The van der Waals surface area contributed by atoms with Gasteiger partial charge in [0.05, 0.1) is 6.54 Å². The largest absolute Gasteiger partial charge is 0.484 e. The van der Waals surface area contributed by atoms with Crippen molar-refractivity contribution in [2.24, 2.45) is 0 Å². The summed E-state index contributed by atoms with van der Waals surface area (Å²) in [7, 11) is 0. The van der Waals surface area contributed by atoms with E-state index in [4.69, 9.17) is 21.1 Å². The number of hydrogen-bond acceptors (Lipinski definition) is 5. The summed E-state index contributed by atoms with van der Waals surface area (Å²) in [6.07, 6.45) is 5.32. The zero-order valence-corrected chi connectivity index (χ0v) is 18.1. The maximum absolute atomic E-state index is 12.9. The van der Waals surface area contributed by atoms with E-state index in [1.807, 2.05) is 4.90 Å². The molecule has 0 N–H and O–H groups in total. The second-order valence-electron chi connectivity index (χ2n) is 7.82. The molecule has 8 heteroatoms. The quantitative estimate of drug-likeness (QED) is 0.684. The second-order valence-corrected chi connectivity index (χ2v) is 8.26. The van der Waals surface area contributed by atoms with E-state index in [0.717, 1.165) is 32.4 Å². The van der Waals surface area contributed by atoms with Crippen molar-refractivity contribution in [3.63, 3.8) is 0 Å². The molecule has 0 spiro atoms. The highest BCUT2D eigenvalue weighted by Gasteiger charge is 2.30. The Morgan fingerprint density at radius 3 is 2.58 bits per heavy atom. The van der Waals surface area contributed by atoms with Crippen molar-refractivity contribution in [3.8, 4) is 11.6 Å². The summed E-state index contributed by atoms with van der Waals surface area (Å²) in [5, 5.41) is 0.617. The molecule has 1 aromatic carbocycles. The molecule has 3 heterocycles. The second kappa shape index (κ2) is 10.0. The van der Waals surface area contributed by atoms with Crippen molar-refractivity contribution in [1.29, 1.82) is 0 Å². The molecule has 164 valence electrons. The van der Waals surface area contributed by atoms with Gasteiger partial charge in [0, 0.05) is 37.3 Å². The fourth-order valence-corrected chi connectivity index (χ4v) is 4.02. The summed E-state index contributed by atoms with van der Waals surface area (Å²) in [5.41, 5.74) is 0.486. The number of nitrogens with zero attached hydrogens (tertiary/aromatic N) is 3. The smallest absolute Gasteiger partial charge is 0.260 e. The van der Waals surface area contributed by atoms with Crippen LogP contribution in [0.25, 0.3) is 0 Å². The van der Waals surface area contributed by atoms with Gasteiger partial charge in [0.15, 0.2) is 6.61 Å². The van der Waals surface area contributed by atoms with E-state index in [1.165, 1.54) is 0 Å². The van der Waals surface area contributed by atoms with E-state index in [0.29, 0.717) is 41.7 Å². The molecule has 31 heavy (non-hydrogen) atoms. The molecule has 2 aliphatic heterocycles. The first kappa shape index (κ1) is 21.4. The predicted octanol–water partition coefficient (Wildman–Crippen LogP) is 3.42. The molecule has 2 fully saturated rings. The van der Waals surface area contributed by atoms with Crippen LogP contribution in [0.15, 0.2) is 42.6 Å². The first-order chi connectivity index (χ1) is 15.1. The number of ether oxygens (including phenoxy) is 2. The minimum absolute atomic E-state index is 0.0370. The van der Waals surface area contributed by atoms with E-state index in [1.54, 1.807) is 47.5 Å². The van der Waals surface area contributed by atoms with Gasteiger partial charge >= 0.3 is 0 Å². The normalized spacial score (nSPS) is 18.7. The number of piperidine rings is 1. The fraction of sp³-hybridized carbons (Fsp3) is 0.435. The van der Waals surface area contributed by atoms with Gasteiger partial charge in [0.25, 0.3) is 11.8 Å². The first-order valence-electron chi connectivity index (χ1n) is 10.7. The lowest BCUT2D eigenvalue weighted by Crippen LogP contribution is -2.36. The van der Waals surface area contributed by atoms with Crippen LogP contribution in [-0.4, -0.2) is 65.5 Å². The maximum atomic E-state index is 12.9. The van der Waals surface area contributed by atoms with Crippen LogP contribution in [0.5, 0.6) is 11.6 Å². The summed E-state index contributed by atoms with van der Waals surface area (Å²) in [5.74, 6) is 0.797. The van der Waals surface area contributed by atoms with Gasteiger partial charge in [0.1, 0.15) is 17.4 Å². The van der Waals surface area contributed by atoms with Crippen LogP contribution in [0, 0.1) is 0 Å². The third kappa shape index (κ3) is 5.47. The lowest BCUT2D eigenvalue weighted by molar-refractivity contribution is -0.132. The third-order valence-electron chi connectivity index (χ3n) is 5.60. The molecule has 7 nitrogen and oxygen atoms in total. The van der Waals surface area contributed by atoms with Gasteiger partial charge in [0.2, 0.25) is 5.88 Å². The standard InChI is InChI=1S/C23H26ClN3O4/c24-17-6-8-18(9-7-17)30-16-21(28)27-14-10-19(15-27)31-22-20(5-4-11-25-22)23(29)26-12-2-1-3-13-26/h4-9,11,19H,1-3,10,12-16H2. The molecule has 0 aliphatic carbocycles. The van der Waals surface area contributed by atoms with Crippen molar-refractivity contribution < 1.29 is 19.1 Å². The van der Waals surface area contributed by atoms with Crippen LogP contribution in [0.1, 0.15) is 36.0 Å². The van der Waals surface area contributed by atoms with Gasteiger partial charge in [-0.3, -0.25) is 9.59 Å². The Morgan fingerprint density at radius 1 is 1.03 bits per heavy atom. The molecule has 0 bridgehead atoms. The molecular formula is C23H26ClN3O4. The number of hydrogen-bond donors (Lipinski definition) is 0. The average molecular weight is 444 g/mol. The molecule has 2 saturated heterocycles. The van der Waals surface area contributed by atoms with Gasteiger partial charge < -0.3 is 19.3 Å². The summed E-state index contributed by atoms with van der Waals surface area (Å²) in [4.78, 5) is 33.3. The van der Waals surface area contributed by atoms with Crippen LogP contribution in [0.2, 0.25) is 5.02 Å². The molecule has 2 aliphatic rings. The highest BCUT2D eigenvalue weighted by molar-refractivity contribution is 6.30. The molecule has 2 aromatic rings. The minimum atomic E-state index is -0.206. The Bertz CT molecular complexity index is 915. The van der Waals surface area contributed by atoms with Crippen molar-refractivity contribution in [2.75, 3.05) is 32.8 Å². The molecule has 0 radical (unpaired) electrons. The van der Waals surface area contributed by atoms with Crippen LogP contribution in [-0.2, 0) is 4.79 Å². The van der Waals surface area contributed by atoms with E-state index in [-0.39, 0.29) is 24.5 Å². The zero-order chi connectivity index (χ0) is 21.6. The Labute approximate surface area is 186 Å².